The van der Waals surface area contributed by atoms with Gasteiger partial charge in [-0.2, -0.15) is 0 Å². The van der Waals surface area contributed by atoms with Gasteiger partial charge in [0.2, 0.25) is 23.6 Å². The van der Waals surface area contributed by atoms with Crippen molar-refractivity contribution in [2.75, 3.05) is 184 Å². The molecule has 1 aliphatic heterocycles. The molecule has 0 radical (unpaired) electrons. The number of methoxy groups -OCH3 is 1. The lowest BCUT2D eigenvalue weighted by molar-refractivity contribution is -0.148. The van der Waals surface area contributed by atoms with E-state index in [2.05, 4.69) is 16.0 Å². The van der Waals surface area contributed by atoms with Crippen molar-refractivity contribution in [2.24, 2.45) is 11.8 Å². The number of ether oxygens (including phenoxy) is 13. The van der Waals surface area contributed by atoms with Crippen molar-refractivity contribution in [1.82, 2.24) is 20.4 Å². The monoisotopic (exact) mass is 1110 g/mol. The highest BCUT2D eigenvalue weighted by Crippen LogP contribution is 2.13. The van der Waals surface area contributed by atoms with Crippen LogP contribution < -0.4 is 16.0 Å². The number of rotatable bonds is 50. The first-order valence-electron chi connectivity index (χ1n) is 26.5. The van der Waals surface area contributed by atoms with E-state index in [-0.39, 0.29) is 121 Å². The Hall–Kier alpha value is -5.03. The largest absolute Gasteiger partial charge is 0.461 e. The minimum absolute atomic E-state index is 0.0491. The van der Waals surface area contributed by atoms with Gasteiger partial charge >= 0.3 is 5.97 Å². The Labute approximate surface area is 459 Å². The molecule has 2 atom stereocenters. The van der Waals surface area contributed by atoms with Gasteiger partial charge in [0.05, 0.1) is 177 Å². The first kappa shape index (κ1) is 69.1. The van der Waals surface area contributed by atoms with Crippen LogP contribution in [-0.4, -0.2) is 242 Å². The van der Waals surface area contributed by atoms with E-state index in [0.29, 0.717) is 105 Å². The Morgan fingerprint density at radius 3 is 1.38 bits per heavy atom. The molecule has 1 heterocycles. The number of anilines is 1. The number of benzene rings is 1. The molecule has 0 bridgehead atoms. The van der Waals surface area contributed by atoms with E-state index in [9.17, 15) is 33.6 Å². The fourth-order valence-electron chi connectivity index (χ4n) is 6.47. The van der Waals surface area contributed by atoms with Gasteiger partial charge in [-0.05, 0) is 30.5 Å². The van der Waals surface area contributed by atoms with Crippen LogP contribution in [0.3, 0.4) is 0 Å². The highest BCUT2D eigenvalue weighted by atomic mass is 16.6. The lowest BCUT2D eigenvalue weighted by atomic mass is 10.0. The van der Waals surface area contributed by atoms with E-state index in [0.717, 1.165) is 10.5 Å². The molecule has 0 aliphatic carbocycles. The lowest BCUT2D eigenvalue weighted by Crippen LogP contribution is -2.55. The van der Waals surface area contributed by atoms with E-state index < -0.39 is 29.8 Å². The van der Waals surface area contributed by atoms with Crippen molar-refractivity contribution >= 4 is 47.1 Å². The van der Waals surface area contributed by atoms with Crippen LogP contribution in [0.4, 0.5) is 5.69 Å². The fraction of sp³-hybridized carbons (Fsp3) is 0.717. The molecule has 78 heavy (non-hydrogen) atoms. The average Bonchev–Trinajstić information content (AvgIpc) is 3.74. The van der Waals surface area contributed by atoms with Gasteiger partial charge in [0.25, 0.3) is 11.8 Å². The molecule has 3 N–H and O–H groups in total. The molecule has 1 aromatic carbocycles. The quantitative estimate of drug-likeness (QED) is 0.0465. The van der Waals surface area contributed by atoms with Gasteiger partial charge in [-0.3, -0.25) is 38.5 Å². The third kappa shape index (κ3) is 34.1. The maximum absolute atomic E-state index is 13.5. The minimum atomic E-state index is -1.04. The molecule has 6 amide bonds. The molecule has 0 fully saturated rings. The number of hydrogen-bond acceptors (Lipinski definition) is 20. The van der Waals surface area contributed by atoms with Crippen LogP contribution in [0.2, 0.25) is 0 Å². The second-order valence-corrected chi connectivity index (χ2v) is 17.9. The fourth-order valence-corrected chi connectivity index (χ4v) is 6.47. The summed E-state index contributed by atoms with van der Waals surface area (Å²) >= 11 is 0. The SMILES string of the molecule is COCCOCCOCCOCCOCCOCCOCCOCCN(CC(=O)N[C@H](C(=O)N[C@@H](C)C(=O)Nc1ccc(COC(=O)C(C)C)cc1)C(C)C)C(=O)CCOCCOCCOCCOCCN1C(=O)C=CC1=O. The van der Waals surface area contributed by atoms with Crippen molar-refractivity contribution < 1.29 is 95.1 Å². The Bertz CT molecular complexity index is 1840. The predicted octanol–water partition coefficient (Wildman–Crippen LogP) is 0.943. The van der Waals surface area contributed by atoms with E-state index in [1.54, 1.807) is 59.1 Å². The summed E-state index contributed by atoms with van der Waals surface area (Å²) < 4.78 is 70.8. The van der Waals surface area contributed by atoms with Crippen molar-refractivity contribution in [3.63, 3.8) is 0 Å². The van der Waals surface area contributed by atoms with Gasteiger partial charge in [0.1, 0.15) is 18.7 Å². The highest BCUT2D eigenvalue weighted by molar-refractivity contribution is 6.12. The summed E-state index contributed by atoms with van der Waals surface area (Å²) in [7, 11) is 1.62. The zero-order chi connectivity index (χ0) is 57.0. The normalized spacial score (nSPS) is 13.1. The summed E-state index contributed by atoms with van der Waals surface area (Å²) in [6.07, 6.45) is 2.40. The van der Waals surface area contributed by atoms with E-state index in [1.807, 2.05) is 0 Å². The molecular weight excluding hydrogens is 1030 g/mol. The summed E-state index contributed by atoms with van der Waals surface area (Å²) in [6.45, 7) is 16.3. The van der Waals surface area contributed by atoms with Crippen LogP contribution in [0.1, 0.15) is 46.6 Å². The van der Waals surface area contributed by atoms with Gasteiger partial charge < -0.3 is 82.4 Å². The van der Waals surface area contributed by atoms with Crippen molar-refractivity contribution in [3.8, 4) is 0 Å². The zero-order valence-corrected chi connectivity index (χ0v) is 46.6. The summed E-state index contributed by atoms with van der Waals surface area (Å²) in [4.78, 5) is 90.9. The molecule has 0 aromatic heterocycles. The topological polar surface area (TPSA) is 282 Å². The van der Waals surface area contributed by atoms with Crippen molar-refractivity contribution in [3.05, 3.63) is 42.0 Å². The summed E-state index contributed by atoms with van der Waals surface area (Å²) in [5.41, 5.74) is 1.21. The maximum atomic E-state index is 13.5. The molecular formula is C53H87N5O20. The van der Waals surface area contributed by atoms with Gasteiger partial charge in [0, 0.05) is 31.5 Å². The van der Waals surface area contributed by atoms with E-state index >= 15 is 0 Å². The lowest BCUT2D eigenvalue weighted by Gasteiger charge is -2.26. The number of hydrogen-bond donors (Lipinski definition) is 3. The number of amides is 6. The van der Waals surface area contributed by atoms with Crippen molar-refractivity contribution in [1.29, 1.82) is 0 Å². The molecule has 25 heteroatoms. The molecule has 1 aromatic rings. The van der Waals surface area contributed by atoms with Crippen LogP contribution in [0.25, 0.3) is 0 Å². The summed E-state index contributed by atoms with van der Waals surface area (Å²) in [5, 5.41) is 8.14. The molecule has 0 saturated heterocycles. The highest BCUT2D eigenvalue weighted by Gasteiger charge is 2.29. The number of carbonyl (C=O) groups is 7. The molecule has 1 aliphatic rings. The predicted molar refractivity (Wildman–Crippen MR) is 282 cm³/mol. The zero-order valence-electron chi connectivity index (χ0n) is 46.6. The van der Waals surface area contributed by atoms with Gasteiger partial charge in [-0.1, -0.05) is 39.8 Å². The van der Waals surface area contributed by atoms with Crippen LogP contribution in [0.15, 0.2) is 36.4 Å². The Morgan fingerprint density at radius 2 is 0.949 bits per heavy atom. The standard InChI is InChI=1S/C53H87N5O20/c1-41(2)50(52(64)54-43(5)51(63)55-45-9-7-44(8-10-45)40-78-53(65)42(3)4)56-46(59)39-57(47(60)13-16-67-21-24-71-29-30-73-26-23-69-18-15-58-48(61)11-12-49(58)62)14-17-68-22-25-72-31-32-75-35-36-77-38-37-76-34-33-74-28-27-70-20-19-66-6/h7-12,41-43,50H,13-40H2,1-6H3,(H,54,64)(H,55,63)(H,56,59)/t43-,50-/m0/s1. The Kier molecular flexibility index (Phi) is 39.7. The number of esters is 1. The van der Waals surface area contributed by atoms with E-state index in [1.165, 1.54) is 24.0 Å². The maximum Gasteiger partial charge on any atom is 0.308 e. The van der Waals surface area contributed by atoms with Gasteiger partial charge in [-0.25, -0.2) is 0 Å². The minimum Gasteiger partial charge on any atom is -0.461 e. The third-order valence-corrected chi connectivity index (χ3v) is 10.9. The van der Waals surface area contributed by atoms with Crippen LogP contribution in [0.5, 0.6) is 0 Å². The Balaban J connectivity index is 1.73. The molecule has 0 saturated carbocycles. The number of imide groups is 1. The third-order valence-electron chi connectivity index (χ3n) is 10.9. The van der Waals surface area contributed by atoms with Crippen molar-refractivity contribution in [2.45, 2.75) is 59.7 Å². The molecule has 444 valence electrons. The second kappa shape index (κ2) is 44.8. The summed E-state index contributed by atoms with van der Waals surface area (Å²) in [5.74, 6) is -3.73. The number of nitrogens with zero attached hydrogens (tertiary/aromatic N) is 2. The Morgan fingerprint density at radius 1 is 0.526 bits per heavy atom. The number of nitrogens with one attached hydrogen (secondary N) is 3. The van der Waals surface area contributed by atoms with Gasteiger partial charge in [0.15, 0.2) is 0 Å². The first-order valence-corrected chi connectivity index (χ1v) is 26.5. The average molecular weight is 1110 g/mol. The first-order chi connectivity index (χ1) is 37.7. The van der Waals surface area contributed by atoms with Crippen LogP contribution in [-0.2, 0) is 102 Å². The molecule has 2 rings (SSSR count). The van der Waals surface area contributed by atoms with Crippen LogP contribution >= 0.6 is 0 Å². The summed E-state index contributed by atoms with van der Waals surface area (Å²) in [6, 6.07) is 4.73. The molecule has 0 spiro atoms. The second-order valence-electron chi connectivity index (χ2n) is 17.9. The number of carbonyl (C=O) groups excluding carboxylic acids is 7. The molecule has 0 unspecified atom stereocenters. The molecule has 25 nitrogen and oxygen atoms in total. The van der Waals surface area contributed by atoms with E-state index in [4.69, 9.17) is 61.6 Å². The van der Waals surface area contributed by atoms with Gasteiger partial charge in [-0.15, -0.1) is 0 Å². The van der Waals surface area contributed by atoms with Crippen LogP contribution in [0, 0.1) is 11.8 Å². The smallest absolute Gasteiger partial charge is 0.308 e.